The molecule has 1 aromatic rings. The molecule has 0 aliphatic carbocycles. The molecule has 100 valence electrons. The van der Waals surface area contributed by atoms with Crippen LogP contribution in [0.4, 0.5) is 20.4 Å². The summed E-state index contributed by atoms with van der Waals surface area (Å²) < 4.78 is 26.8. The maximum absolute atomic E-state index is 13.6. The van der Waals surface area contributed by atoms with E-state index in [1.807, 2.05) is 7.05 Å². The molecule has 5 nitrogen and oxygen atoms in total. The van der Waals surface area contributed by atoms with E-state index in [9.17, 15) is 8.78 Å². The second-order valence-electron chi connectivity index (χ2n) is 4.54. The van der Waals surface area contributed by atoms with Gasteiger partial charge in [-0.15, -0.1) is 0 Å². The average Bonchev–Trinajstić information content (AvgIpc) is 2.33. The summed E-state index contributed by atoms with van der Waals surface area (Å²) in [6, 6.07) is 0.888. The second-order valence-corrected chi connectivity index (χ2v) is 4.54. The van der Waals surface area contributed by atoms with E-state index in [1.165, 1.54) is 0 Å². The van der Waals surface area contributed by atoms with Crippen LogP contribution in [0.5, 0.6) is 0 Å². The molecule has 0 amide bonds. The van der Waals surface area contributed by atoms with Gasteiger partial charge in [-0.1, -0.05) is 0 Å². The van der Waals surface area contributed by atoms with Gasteiger partial charge in [0.15, 0.2) is 23.3 Å². The third-order valence-electron chi connectivity index (χ3n) is 3.03. The Morgan fingerprint density at radius 2 is 2.11 bits per heavy atom. The fourth-order valence-electron chi connectivity index (χ4n) is 2.15. The number of pyridine rings is 1. The van der Waals surface area contributed by atoms with Gasteiger partial charge in [-0.05, 0) is 26.4 Å². The number of hydrazine groups is 1. The predicted octanol–water partition coefficient (Wildman–Crippen LogP) is 1.15. The van der Waals surface area contributed by atoms with Crippen molar-refractivity contribution in [1.82, 2.24) is 9.88 Å². The van der Waals surface area contributed by atoms with Crippen LogP contribution in [0.25, 0.3) is 0 Å². The molecule has 1 aromatic heterocycles. The number of aromatic nitrogens is 1. The van der Waals surface area contributed by atoms with E-state index in [1.54, 1.807) is 0 Å². The van der Waals surface area contributed by atoms with Gasteiger partial charge in [0.25, 0.3) is 0 Å². The van der Waals surface area contributed by atoms with Crippen molar-refractivity contribution in [3.8, 4) is 0 Å². The van der Waals surface area contributed by atoms with Crippen LogP contribution < -0.4 is 16.6 Å². The SMILES string of the molecule is CN1CCCC(Nc2nc(NN)c(F)cc2F)C1. The average molecular weight is 257 g/mol. The molecule has 1 aliphatic rings. The van der Waals surface area contributed by atoms with Crippen LogP contribution in [0.2, 0.25) is 0 Å². The molecular formula is C11H17F2N5. The highest BCUT2D eigenvalue weighted by atomic mass is 19.1. The summed E-state index contributed by atoms with van der Waals surface area (Å²) in [6.45, 7) is 1.84. The molecule has 18 heavy (non-hydrogen) atoms. The van der Waals surface area contributed by atoms with Crippen LogP contribution >= 0.6 is 0 Å². The number of likely N-dealkylation sites (tertiary alicyclic amines) is 1. The summed E-state index contributed by atoms with van der Waals surface area (Å²) in [7, 11) is 2.01. The third-order valence-corrected chi connectivity index (χ3v) is 3.03. The number of rotatable bonds is 3. The fraction of sp³-hybridized carbons (Fsp3) is 0.545. The second kappa shape index (κ2) is 5.45. The summed E-state index contributed by atoms with van der Waals surface area (Å²) in [5.74, 6) is 3.47. The Kier molecular flexibility index (Phi) is 3.93. The molecule has 2 heterocycles. The van der Waals surface area contributed by atoms with Crippen molar-refractivity contribution >= 4 is 11.6 Å². The van der Waals surface area contributed by atoms with Crippen molar-refractivity contribution in [3.63, 3.8) is 0 Å². The van der Waals surface area contributed by atoms with Gasteiger partial charge in [0.05, 0.1) is 0 Å². The van der Waals surface area contributed by atoms with Gasteiger partial charge in [0, 0.05) is 18.7 Å². The first-order chi connectivity index (χ1) is 8.60. The predicted molar refractivity (Wildman–Crippen MR) is 66.1 cm³/mol. The molecule has 1 unspecified atom stereocenters. The van der Waals surface area contributed by atoms with E-state index in [-0.39, 0.29) is 17.7 Å². The van der Waals surface area contributed by atoms with Gasteiger partial charge in [-0.3, -0.25) is 0 Å². The molecule has 1 saturated heterocycles. The fourth-order valence-corrected chi connectivity index (χ4v) is 2.15. The number of halogens is 2. The van der Waals surface area contributed by atoms with Crippen LogP contribution in [-0.4, -0.2) is 36.1 Å². The summed E-state index contributed by atoms with van der Waals surface area (Å²) in [5.41, 5.74) is 2.11. The van der Waals surface area contributed by atoms with Crippen molar-refractivity contribution in [2.75, 3.05) is 30.9 Å². The Hall–Kier alpha value is -1.47. The normalized spacial score (nSPS) is 20.8. The maximum Gasteiger partial charge on any atom is 0.178 e. The molecule has 7 heteroatoms. The van der Waals surface area contributed by atoms with Gasteiger partial charge in [-0.2, -0.15) is 0 Å². The molecule has 0 spiro atoms. The molecule has 1 fully saturated rings. The highest BCUT2D eigenvalue weighted by molar-refractivity contribution is 5.47. The number of likely N-dealkylation sites (N-methyl/N-ethyl adjacent to an activating group) is 1. The maximum atomic E-state index is 13.6. The van der Waals surface area contributed by atoms with Crippen LogP contribution in [0.3, 0.4) is 0 Å². The first-order valence-corrected chi connectivity index (χ1v) is 5.88. The standard InChI is InChI=1S/C11H17F2N5/c1-18-4-2-3-7(6-18)15-10-8(12)5-9(13)11(16-10)17-14/h5,7H,2-4,6,14H2,1H3,(H2,15,16,17). The van der Waals surface area contributed by atoms with Gasteiger partial charge >= 0.3 is 0 Å². The highest BCUT2D eigenvalue weighted by Gasteiger charge is 2.19. The highest BCUT2D eigenvalue weighted by Crippen LogP contribution is 2.20. The number of nitrogens with two attached hydrogens (primary N) is 1. The van der Waals surface area contributed by atoms with Gasteiger partial charge in [-0.25, -0.2) is 19.6 Å². The lowest BCUT2D eigenvalue weighted by molar-refractivity contribution is 0.260. The number of nitrogens with zero attached hydrogens (tertiary/aromatic N) is 2. The van der Waals surface area contributed by atoms with Gasteiger partial charge in [0.2, 0.25) is 0 Å². The lowest BCUT2D eigenvalue weighted by Gasteiger charge is -2.30. The van der Waals surface area contributed by atoms with Crippen molar-refractivity contribution in [1.29, 1.82) is 0 Å². The summed E-state index contributed by atoms with van der Waals surface area (Å²) >= 11 is 0. The zero-order valence-corrected chi connectivity index (χ0v) is 10.2. The van der Waals surface area contributed by atoms with Crippen LogP contribution in [-0.2, 0) is 0 Å². The van der Waals surface area contributed by atoms with Crippen molar-refractivity contribution in [2.24, 2.45) is 5.84 Å². The van der Waals surface area contributed by atoms with Gasteiger partial charge < -0.3 is 15.6 Å². The minimum absolute atomic E-state index is 0.0321. The smallest absolute Gasteiger partial charge is 0.178 e. The molecular weight excluding hydrogens is 240 g/mol. The first-order valence-electron chi connectivity index (χ1n) is 5.88. The van der Waals surface area contributed by atoms with Crippen molar-refractivity contribution in [2.45, 2.75) is 18.9 Å². The quantitative estimate of drug-likeness (QED) is 0.560. The Labute approximate surface area is 104 Å². The van der Waals surface area contributed by atoms with Gasteiger partial charge in [0.1, 0.15) is 0 Å². The van der Waals surface area contributed by atoms with Crippen LogP contribution in [0.15, 0.2) is 6.07 Å². The molecule has 0 saturated carbocycles. The number of anilines is 2. The van der Waals surface area contributed by atoms with E-state index >= 15 is 0 Å². The van der Waals surface area contributed by atoms with Crippen molar-refractivity contribution in [3.05, 3.63) is 17.7 Å². The largest absolute Gasteiger partial charge is 0.364 e. The Morgan fingerprint density at radius 1 is 1.39 bits per heavy atom. The van der Waals surface area contributed by atoms with Crippen LogP contribution in [0, 0.1) is 11.6 Å². The van der Waals surface area contributed by atoms with Crippen molar-refractivity contribution < 1.29 is 8.78 Å². The Morgan fingerprint density at radius 3 is 2.78 bits per heavy atom. The third kappa shape index (κ3) is 2.85. The first kappa shape index (κ1) is 13.0. The van der Waals surface area contributed by atoms with E-state index < -0.39 is 11.6 Å². The van der Waals surface area contributed by atoms with E-state index in [2.05, 4.69) is 20.6 Å². The Bertz CT molecular complexity index is 426. The molecule has 1 atom stereocenters. The molecule has 0 radical (unpaired) electrons. The summed E-state index contributed by atoms with van der Waals surface area (Å²) in [4.78, 5) is 5.95. The topological polar surface area (TPSA) is 66.2 Å². The zero-order valence-electron chi connectivity index (χ0n) is 10.2. The lowest BCUT2D eigenvalue weighted by Crippen LogP contribution is -2.40. The van der Waals surface area contributed by atoms with E-state index in [0.29, 0.717) is 0 Å². The van der Waals surface area contributed by atoms with Crippen LogP contribution in [0.1, 0.15) is 12.8 Å². The molecule has 0 bridgehead atoms. The van der Waals surface area contributed by atoms with E-state index in [0.717, 1.165) is 32.0 Å². The van der Waals surface area contributed by atoms with E-state index in [4.69, 9.17) is 5.84 Å². The minimum atomic E-state index is -0.804. The lowest BCUT2D eigenvalue weighted by atomic mass is 10.1. The number of hydrogen-bond acceptors (Lipinski definition) is 5. The molecule has 4 N–H and O–H groups in total. The molecule has 1 aliphatic heterocycles. The number of piperidine rings is 1. The summed E-state index contributed by atoms with van der Waals surface area (Å²) in [6.07, 6.45) is 1.98. The zero-order chi connectivity index (χ0) is 13.1. The number of nitrogens with one attached hydrogen (secondary N) is 2. The monoisotopic (exact) mass is 257 g/mol. The number of nitrogen functional groups attached to an aromatic ring is 1. The molecule has 0 aromatic carbocycles. The Balaban J connectivity index is 2.13. The minimum Gasteiger partial charge on any atom is -0.364 e. The summed E-state index contributed by atoms with van der Waals surface area (Å²) in [5, 5.41) is 2.99. The number of hydrogen-bond donors (Lipinski definition) is 3. The molecule has 2 rings (SSSR count).